The van der Waals surface area contributed by atoms with Gasteiger partial charge in [0.2, 0.25) is 0 Å². The summed E-state index contributed by atoms with van der Waals surface area (Å²) in [4.78, 5) is 2.80. The van der Waals surface area contributed by atoms with Crippen LogP contribution in [0.5, 0.6) is 0 Å². The first-order valence-corrected chi connectivity index (χ1v) is 6.38. The molecular formula is C13H18N2OS. The summed E-state index contributed by atoms with van der Waals surface area (Å²) in [5.74, 6) is 0. The van der Waals surface area contributed by atoms with Gasteiger partial charge in [-0.3, -0.25) is 0 Å². The SMILES string of the molecule is CCC1CN(c2ccc(C(N)=S)cc2)CCO1. The minimum absolute atomic E-state index is 0.346. The van der Waals surface area contributed by atoms with Crippen LogP contribution in [0.15, 0.2) is 24.3 Å². The maximum atomic E-state index is 5.66. The Kier molecular flexibility index (Phi) is 3.97. The Hall–Kier alpha value is -1.13. The van der Waals surface area contributed by atoms with E-state index >= 15 is 0 Å². The van der Waals surface area contributed by atoms with Gasteiger partial charge >= 0.3 is 0 Å². The number of anilines is 1. The Labute approximate surface area is 108 Å². The number of nitrogens with zero attached hydrogens (tertiary/aromatic N) is 1. The van der Waals surface area contributed by atoms with Crippen LogP contribution in [-0.2, 0) is 4.74 Å². The first kappa shape index (κ1) is 12.3. The van der Waals surface area contributed by atoms with E-state index in [9.17, 15) is 0 Å². The number of morpholine rings is 1. The summed E-state index contributed by atoms with van der Waals surface area (Å²) in [6.45, 7) is 4.87. The van der Waals surface area contributed by atoms with Crippen molar-refractivity contribution in [2.75, 3.05) is 24.6 Å². The Bertz CT molecular complexity index is 391. The van der Waals surface area contributed by atoms with Gasteiger partial charge in [0.1, 0.15) is 4.99 Å². The number of nitrogens with two attached hydrogens (primary N) is 1. The highest BCUT2D eigenvalue weighted by Crippen LogP contribution is 2.19. The molecule has 92 valence electrons. The second-order valence-corrected chi connectivity index (χ2v) is 4.70. The molecule has 1 saturated heterocycles. The topological polar surface area (TPSA) is 38.5 Å². The minimum Gasteiger partial charge on any atom is -0.389 e. The molecule has 2 rings (SSSR count). The Morgan fingerprint density at radius 2 is 2.18 bits per heavy atom. The summed E-state index contributed by atoms with van der Waals surface area (Å²) in [7, 11) is 0. The number of thiocarbonyl (C=S) groups is 1. The standard InChI is InChI=1S/C13H18N2OS/c1-2-12-9-15(7-8-16-12)11-5-3-10(4-6-11)13(14)17/h3-6,12H,2,7-9H2,1H3,(H2,14,17). The number of benzene rings is 1. The Morgan fingerprint density at radius 3 is 2.76 bits per heavy atom. The molecule has 1 aliphatic rings. The first-order chi connectivity index (χ1) is 8.20. The molecule has 17 heavy (non-hydrogen) atoms. The summed E-state index contributed by atoms with van der Waals surface area (Å²) in [6.07, 6.45) is 1.40. The average Bonchev–Trinajstić information content (AvgIpc) is 2.39. The predicted molar refractivity (Wildman–Crippen MR) is 74.6 cm³/mol. The van der Waals surface area contributed by atoms with Crippen LogP contribution in [0.3, 0.4) is 0 Å². The van der Waals surface area contributed by atoms with Gasteiger partial charge in [-0.1, -0.05) is 19.1 Å². The monoisotopic (exact) mass is 250 g/mol. The fourth-order valence-corrected chi connectivity index (χ4v) is 2.17. The van der Waals surface area contributed by atoms with Crippen molar-refractivity contribution in [2.24, 2.45) is 5.73 Å². The van der Waals surface area contributed by atoms with Crippen molar-refractivity contribution in [3.8, 4) is 0 Å². The largest absolute Gasteiger partial charge is 0.389 e. The zero-order valence-corrected chi connectivity index (χ0v) is 10.9. The van der Waals surface area contributed by atoms with E-state index in [1.54, 1.807) is 0 Å². The molecule has 3 nitrogen and oxygen atoms in total. The van der Waals surface area contributed by atoms with Crippen molar-refractivity contribution in [3.05, 3.63) is 29.8 Å². The maximum Gasteiger partial charge on any atom is 0.103 e. The number of rotatable bonds is 3. The van der Waals surface area contributed by atoms with Gasteiger partial charge in [-0.25, -0.2) is 0 Å². The molecule has 0 aromatic heterocycles. The summed E-state index contributed by atoms with van der Waals surface area (Å²) in [5, 5.41) is 0. The van der Waals surface area contributed by atoms with E-state index in [-0.39, 0.29) is 0 Å². The zero-order chi connectivity index (χ0) is 12.3. The molecule has 4 heteroatoms. The van der Waals surface area contributed by atoms with Crippen molar-refractivity contribution in [2.45, 2.75) is 19.4 Å². The predicted octanol–water partition coefficient (Wildman–Crippen LogP) is 1.94. The van der Waals surface area contributed by atoms with Gasteiger partial charge in [0, 0.05) is 24.3 Å². The van der Waals surface area contributed by atoms with Crippen molar-refractivity contribution in [3.63, 3.8) is 0 Å². The lowest BCUT2D eigenvalue weighted by molar-refractivity contribution is 0.0384. The van der Waals surface area contributed by atoms with Gasteiger partial charge in [-0.15, -0.1) is 0 Å². The molecule has 0 spiro atoms. The molecule has 2 N–H and O–H groups in total. The number of hydrogen-bond donors (Lipinski definition) is 1. The third-order valence-corrected chi connectivity index (χ3v) is 3.35. The summed E-state index contributed by atoms with van der Waals surface area (Å²) in [6, 6.07) is 8.11. The van der Waals surface area contributed by atoms with E-state index < -0.39 is 0 Å². The van der Waals surface area contributed by atoms with Crippen molar-refractivity contribution >= 4 is 22.9 Å². The van der Waals surface area contributed by atoms with Crippen LogP contribution in [0.2, 0.25) is 0 Å². The average molecular weight is 250 g/mol. The smallest absolute Gasteiger partial charge is 0.103 e. The third-order valence-electron chi connectivity index (χ3n) is 3.11. The Morgan fingerprint density at radius 1 is 1.47 bits per heavy atom. The molecule has 1 aliphatic heterocycles. The highest BCUT2D eigenvalue weighted by atomic mass is 32.1. The first-order valence-electron chi connectivity index (χ1n) is 5.97. The summed E-state index contributed by atoms with van der Waals surface area (Å²) >= 11 is 4.94. The molecule has 1 unspecified atom stereocenters. The molecule has 1 aromatic carbocycles. The van der Waals surface area contributed by atoms with Crippen LogP contribution in [0.4, 0.5) is 5.69 Å². The highest BCUT2D eigenvalue weighted by Gasteiger charge is 2.18. The highest BCUT2D eigenvalue weighted by molar-refractivity contribution is 7.80. The summed E-state index contributed by atoms with van der Waals surface area (Å²) in [5.41, 5.74) is 7.72. The van der Waals surface area contributed by atoms with Gasteiger partial charge in [0.15, 0.2) is 0 Å². The van der Waals surface area contributed by atoms with E-state index in [0.29, 0.717) is 11.1 Å². The van der Waals surface area contributed by atoms with Gasteiger partial charge in [0.05, 0.1) is 12.7 Å². The second kappa shape index (κ2) is 5.47. The quantitative estimate of drug-likeness (QED) is 0.832. The molecule has 1 fully saturated rings. The van der Waals surface area contributed by atoms with Crippen LogP contribution in [0.25, 0.3) is 0 Å². The van der Waals surface area contributed by atoms with Crippen molar-refractivity contribution in [1.82, 2.24) is 0 Å². The molecule has 0 saturated carbocycles. The van der Waals surface area contributed by atoms with Gasteiger partial charge in [0.25, 0.3) is 0 Å². The number of hydrogen-bond acceptors (Lipinski definition) is 3. The molecule has 0 amide bonds. The molecule has 0 aliphatic carbocycles. The lowest BCUT2D eigenvalue weighted by atomic mass is 10.1. The zero-order valence-electron chi connectivity index (χ0n) is 10.1. The van der Waals surface area contributed by atoms with Crippen LogP contribution >= 0.6 is 12.2 Å². The van der Waals surface area contributed by atoms with E-state index in [0.717, 1.165) is 31.7 Å². The van der Waals surface area contributed by atoms with Crippen LogP contribution < -0.4 is 10.6 Å². The second-order valence-electron chi connectivity index (χ2n) is 4.26. The lowest BCUT2D eigenvalue weighted by Gasteiger charge is -2.34. The van der Waals surface area contributed by atoms with Crippen LogP contribution in [0, 0.1) is 0 Å². The van der Waals surface area contributed by atoms with Crippen molar-refractivity contribution in [1.29, 1.82) is 0 Å². The molecular weight excluding hydrogens is 232 g/mol. The van der Waals surface area contributed by atoms with Gasteiger partial charge in [-0.05, 0) is 30.7 Å². The van der Waals surface area contributed by atoms with Crippen molar-refractivity contribution < 1.29 is 4.74 Å². The molecule has 1 aromatic rings. The van der Waals surface area contributed by atoms with Gasteiger partial charge in [-0.2, -0.15) is 0 Å². The molecule has 0 bridgehead atoms. The molecule has 1 heterocycles. The van der Waals surface area contributed by atoms with Gasteiger partial charge < -0.3 is 15.4 Å². The fraction of sp³-hybridized carbons (Fsp3) is 0.462. The maximum absolute atomic E-state index is 5.66. The fourth-order valence-electron chi connectivity index (χ4n) is 2.04. The number of ether oxygens (including phenoxy) is 1. The normalized spacial score (nSPS) is 20.3. The van der Waals surface area contributed by atoms with Crippen LogP contribution in [-0.4, -0.2) is 30.8 Å². The van der Waals surface area contributed by atoms with E-state index in [2.05, 4.69) is 24.0 Å². The molecule has 1 atom stereocenters. The van der Waals surface area contributed by atoms with E-state index in [4.69, 9.17) is 22.7 Å². The van der Waals surface area contributed by atoms with E-state index in [1.807, 2.05) is 12.1 Å². The Balaban J connectivity index is 2.08. The molecule has 0 radical (unpaired) electrons. The lowest BCUT2D eigenvalue weighted by Crippen LogP contribution is -2.42. The van der Waals surface area contributed by atoms with Crippen LogP contribution in [0.1, 0.15) is 18.9 Å². The third kappa shape index (κ3) is 2.96. The minimum atomic E-state index is 0.346. The summed E-state index contributed by atoms with van der Waals surface area (Å²) < 4.78 is 5.66. The van der Waals surface area contributed by atoms with E-state index in [1.165, 1.54) is 5.69 Å².